The molecule has 0 unspecified atom stereocenters. The third-order valence-corrected chi connectivity index (χ3v) is 4.68. The predicted octanol–water partition coefficient (Wildman–Crippen LogP) is 3.19. The molecular weight excluding hydrogens is 316 g/mol. The lowest BCUT2D eigenvalue weighted by atomic mass is 9.89. The smallest absolute Gasteiger partial charge is 0.170 e. The highest BCUT2D eigenvalue weighted by atomic mass is 16.5. The zero-order valence-corrected chi connectivity index (χ0v) is 14.8. The molecule has 1 saturated heterocycles. The second-order valence-electron chi connectivity index (χ2n) is 6.37. The minimum atomic E-state index is -0.00674. The fourth-order valence-electron chi connectivity index (χ4n) is 3.38. The maximum absolute atomic E-state index is 13.0. The van der Waals surface area contributed by atoms with Gasteiger partial charge in [-0.2, -0.15) is 0 Å². The van der Waals surface area contributed by atoms with Gasteiger partial charge in [0.25, 0.3) is 0 Å². The molecule has 1 fully saturated rings. The lowest BCUT2D eigenvalue weighted by molar-refractivity contribution is 0.0808. The number of hydrogen-bond acceptors (Lipinski definition) is 5. The van der Waals surface area contributed by atoms with Gasteiger partial charge in [0.15, 0.2) is 5.78 Å². The summed E-state index contributed by atoms with van der Waals surface area (Å²) in [5.74, 6) is 1.41. The molecule has 0 radical (unpaired) electrons. The van der Waals surface area contributed by atoms with E-state index in [4.69, 9.17) is 9.47 Å². The Hall–Kier alpha value is -2.40. The summed E-state index contributed by atoms with van der Waals surface area (Å²) in [5.41, 5.74) is 1.81. The van der Waals surface area contributed by atoms with Crippen molar-refractivity contribution in [1.29, 1.82) is 0 Å². The van der Waals surface area contributed by atoms with E-state index in [1.807, 2.05) is 18.3 Å². The first-order valence-electron chi connectivity index (χ1n) is 8.58. The van der Waals surface area contributed by atoms with Crippen molar-refractivity contribution in [2.45, 2.75) is 19.4 Å². The van der Waals surface area contributed by atoms with Gasteiger partial charge in [-0.1, -0.05) is 6.07 Å². The Morgan fingerprint density at radius 3 is 2.88 bits per heavy atom. The first-order valence-corrected chi connectivity index (χ1v) is 8.58. The maximum atomic E-state index is 13.0. The van der Waals surface area contributed by atoms with Crippen LogP contribution in [0.15, 0.2) is 42.7 Å². The first kappa shape index (κ1) is 17.4. The van der Waals surface area contributed by atoms with Gasteiger partial charge in [0.2, 0.25) is 0 Å². The van der Waals surface area contributed by atoms with Gasteiger partial charge in [0.1, 0.15) is 11.5 Å². The lowest BCUT2D eigenvalue weighted by Gasteiger charge is -2.32. The summed E-state index contributed by atoms with van der Waals surface area (Å²) >= 11 is 0. The number of methoxy groups -OCH3 is 2. The number of rotatable bonds is 6. The highest BCUT2D eigenvalue weighted by Crippen LogP contribution is 2.29. The molecule has 1 aliphatic rings. The molecule has 2 heterocycles. The fourth-order valence-corrected chi connectivity index (χ4v) is 3.38. The number of Topliss-reactive ketones (excluding diaryl/α,β-unsaturated/α-hetero) is 1. The van der Waals surface area contributed by atoms with Crippen LogP contribution in [0.25, 0.3) is 0 Å². The van der Waals surface area contributed by atoms with Crippen molar-refractivity contribution in [3.8, 4) is 11.5 Å². The second-order valence-corrected chi connectivity index (χ2v) is 6.37. The van der Waals surface area contributed by atoms with E-state index in [0.717, 1.165) is 32.5 Å². The molecule has 1 aromatic heterocycles. The number of ether oxygens (including phenoxy) is 2. The summed E-state index contributed by atoms with van der Waals surface area (Å²) in [6.45, 7) is 2.61. The average Bonchev–Trinajstić information content (AvgIpc) is 2.68. The Morgan fingerprint density at radius 2 is 2.16 bits per heavy atom. The average molecular weight is 340 g/mol. The van der Waals surface area contributed by atoms with Gasteiger partial charge in [0, 0.05) is 37.5 Å². The lowest BCUT2D eigenvalue weighted by Crippen LogP contribution is -2.38. The zero-order valence-electron chi connectivity index (χ0n) is 14.8. The van der Waals surface area contributed by atoms with E-state index in [9.17, 15) is 4.79 Å². The van der Waals surface area contributed by atoms with Gasteiger partial charge in [-0.05, 0) is 43.1 Å². The van der Waals surface area contributed by atoms with Crippen molar-refractivity contribution < 1.29 is 14.3 Å². The number of hydrogen-bond donors (Lipinski definition) is 0. The van der Waals surface area contributed by atoms with Gasteiger partial charge >= 0.3 is 0 Å². The number of ketones is 1. The van der Waals surface area contributed by atoms with Gasteiger partial charge in [-0.25, -0.2) is 0 Å². The number of benzene rings is 1. The topological polar surface area (TPSA) is 51.7 Å². The molecule has 0 aliphatic carbocycles. The molecule has 1 aromatic carbocycles. The first-order chi connectivity index (χ1) is 12.2. The normalized spacial score (nSPS) is 17.9. The molecule has 2 aromatic rings. The van der Waals surface area contributed by atoms with Crippen molar-refractivity contribution in [1.82, 2.24) is 9.88 Å². The third kappa shape index (κ3) is 4.17. The molecule has 1 aliphatic heterocycles. The SMILES string of the molecule is COc1ccc(C(=O)[C@@H]2CCCN(Cc3cccnc3)C2)c(OC)c1. The third-order valence-electron chi connectivity index (χ3n) is 4.68. The van der Waals surface area contributed by atoms with Crippen LogP contribution in [0, 0.1) is 5.92 Å². The van der Waals surface area contributed by atoms with E-state index in [-0.39, 0.29) is 11.7 Å². The van der Waals surface area contributed by atoms with Crippen LogP contribution in [-0.4, -0.2) is 43.0 Å². The molecule has 5 heteroatoms. The Morgan fingerprint density at radius 1 is 1.28 bits per heavy atom. The Labute approximate surface area is 148 Å². The van der Waals surface area contributed by atoms with Crippen LogP contribution in [0.4, 0.5) is 0 Å². The molecule has 25 heavy (non-hydrogen) atoms. The Kier molecular flexibility index (Phi) is 5.66. The van der Waals surface area contributed by atoms with E-state index < -0.39 is 0 Å². The Bertz CT molecular complexity index is 718. The van der Waals surface area contributed by atoms with Crippen molar-refractivity contribution in [3.05, 3.63) is 53.9 Å². The summed E-state index contributed by atoms with van der Waals surface area (Å²) in [5, 5.41) is 0. The molecule has 0 amide bonds. The molecule has 3 rings (SSSR count). The number of carbonyl (C=O) groups is 1. The maximum Gasteiger partial charge on any atom is 0.170 e. The number of carbonyl (C=O) groups excluding carboxylic acids is 1. The monoisotopic (exact) mass is 340 g/mol. The highest BCUT2D eigenvalue weighted by Gasteiger charge is 2.28. The van der Waals surface area contributed by atoms with Crippen molar-refractivity contribution >= 4 is 5.78 Å². The minimum Gasteiger partial charge on any atom is -0.497 e. The highest BCUT2D eigenvalue weighted by molar-refractivity contribution is 6.00. The number of nitrogens with zero attached hydrogens (tertiary/aromatic N) is 2. The molecule has 0 saturated carbocycles. The molecule has 0 N–H and O–H groups in total. The van der Waals surface area contributed by atoms with Crippen molar-refractivity contribution in [2.24, 2.45) is 5.92 Å². The zero-order chi connectivity index (χ0) is 17.6. The summed E-state index contributed by atoms with van der Waals surface area (Å²) in [7, 11) is 3.19. The summed E-state index contributed by atoms with van der Waals surface area (Å²) < 4.78 is 10.6. The molecule has 132 valence electrons. The van der Waals surface area contributed by atoms with Crippen LogP contribution in [-0.2, 0) is 6.54 Å². The van der Waals surface area contributed by atoms with E-state index >= 15 is 0 Å². The number of likely N-dealkylation sites (tertiary alicyclic amines) is 1. The quantitative estimate of drug-likeness (QED) is 0.756. The standard InChI is InChI=1S/C20H24N2O3/c1-24-17-7-8-18(19(11-17)25-2)20(23)16-6-4-10-22(14-16)13-15-5-3-9-21-12-15/h3,5,7-9,11-12,16H,4,6,10,13-14H2,1-2H3/t16-/m1/s1. The molecule has 5 nitrogen and oxygen atoms in total. The largest absolute Gasteiger partial charge is 0.497 e. The van der Waals surface area contributed by atoms with Crippen LogP contribution in [0.1, 0.15) is 28.8 Å². The number of piperidine rings is 1. The van der Waals surface area contributed by atoms with Crippen LogP contribution >= 0.6 is 0 Å². The molecule has 0 spiro atoms. The van der Waals surface area contributed by atoms with E-state index in [1.165, 1.54) is 5.56 Å². The van der Waals surface area contributed by atoms with Crippen LogP contribution in [0.2, 0.25) is 0 Å². The van der Waals surface area contributed by atoms with Gasteiger partial charge in [-0.3, -0.25) is 14.7 Å². The van der Waals surface area contributed by atoms with E-state index in [1.54, 1.807) is 32.5 Å². The Balaban J connectivity index is 1.71. The van der Waals surface area contributed by atoms with Crippen LogP contribution in [0.3, 0.4) is 0 Å². The molecule has 1 atom stereocenters. The van der Waals surface area contributed by atoms with E-state index in [2.05, 4.69) is 16.0 Å². The predicted molar refractivity (Wildman–Crippen MR) is 96.1 cm³/mol. The summed E-state index contributed by atoms with van der Waals surface area (Å²) in [6.07, 6.45) is 5.60. The molecular formula is C20H24N2O3. The van der Waals surface area contributed by atoms with Crippen molar-refractivity contribution in [3.63, 3.8) is 0 Å². The van der Waals surface area contributed by atoms with Gasteiger partial charge in [-0.15, -0.1) is 0 Å². The summed E-state index contributed by atoms with van der Waals surface area (Å²) in [4.78, 5) is 19.5. The van der Waals surface area contributed by atoms with E-state index in [0.29, 0.717) is 17.1 Å². The summed E-state index contributed by atoms with van der Waals surface area (Å²) in [6, 6.07) is 9.41. The number of pyridine rings is 1. The van der Waals surface area contributed by atoms with Gasteiger partial charge < -0.3 is 9.47 Å². The fraction of sp³-hybridized carbons (Fsp3) is 0.400. The second kappa shape index (κ2) is 8.12. The van der Waals surface area contributed by atoms with Crippen LogP contribution in [0.5, 0.6) is 11.5 Å². The number of aromatic nitrogens is 1. The molecule has 0 bridgehead atoms. The van der Waals surface area contributed by atoms with Crippen molar-refractivity contribution in [2.75, 3.05) is 27.3 Å². The van der Waals surface area contributed by atoms with Crippen LogP contribution < -0.4 is 9.47 Å². The van der Waals surface area contributed by atoms with Gasteiger partial charge in [0.05, 0.1) is 19.8 Å². The minimum absolute atomic E-state index is 0.00674.